The summed E-state index contributed by atoms with van der Waals surface area (Å²) in [4.78, 5) is 0. The highest BCUT2D eigenvalue weighted by atomic mass is 16.5. The first-order valence-corrected chi connectivity index (χ1v) is 7.43. The lowest BCUT2D eigenvalue weighted by atomic mass is 9.79. The fourth-order valence-electron chi connectivity index (χ4n) is 3.04. The Morgan fingerprint density at radius 2 is 1.50 bits per heavy atom. The van der Waals surface area contributed by atoms with E-state index in [9.17, 15) is 5.02 Å². The lowest BCUT2D eigenvalue weighted by molar-refractivity contribution is 0.430. The van der Waals surface area contributed by atoms with E-state index in [0.29, 0.717) is 0 Å². The van der Waals surface area contributed by atoms with E-state index in [-0.39, 0.29) is 0 Å². The summed E-state index contributed by atoms with van der Waals surface area (Å²) in [5.41, 5.74) is 5.68. The van der Waals surface area contributed by atoms with Crippen LogP contribution in [0, 0.1) is 0 Å². The van der Waals surface area contributed by atoms with Crippen molar-refractivity contribution in [3.8, 4) is 16.9 Å². The van der Waals surface area contributed by atoms with Crippen LogP contribution in [0.4, 0.5) is 0 Å². The van der Waals surface area contributed by atoms with E-state index in [1.165, 1.54) is 16.7 Å². The van der Waals surface area contributed by atoms with Gasteiger partial charge < -0.3 is 9.68 Å². The molecule has 106 valence electrons. The minimum absolute atomic E-state index is 0.755. The van der Waals surface area contributed by atoms with Crippen molar-refractivity contribution in [3.63, 3.8) is 0 Å². The van der Waals surface area contributed by atoms with Gasteiger partial charge in [-0.25, -0.2) is 0 Å². The van der Waals surface area contributed by atoms with Crippen molar-refractivity contribution < 1.29 is 9.68 Å². The molecule has 1 aliphatic carbocycles. The molecule has 3 aromatic rings. The molecule has 0 amide bonds. The van der Waals surface area contributed by atoms with Gasteiger partial charge in [0, 0.05) is 12.0 Å². The van der Waals surface area contributed by atoms with Crippen molar-refractivity contribution in [1.29, 1.82) is 0 Å². The molecule has 0 aromatic heterocycles. The maximum absolute atomic E-state index is 10.3. The zero-order valence-corrected chi connectivity index (χ0v) is 12.1. The smallest absolute Gasteiger partial charge is 0.532 e. The summed E-state index contributed by atoms with van der Waals surface area (Å²) < 4.78 is 5.83. The van der Waals surface area contributed by atoms with Crippen LogP contribution in [-0.2, 0) is 6.42 Å². The highest BCUT2D eigenvalue weighted by molar-refractivity contribution is 6.60. The minimum Gasteiger partial charge on any atom is -0.532 e. The van der Waals surface area contributed by atoms with E-state index in [1.807, 2.05) is 42.5 Å². The molecule has 0 fully saturated rings. The van der Waals surface area contributed by atoms with Crippen LogP contribution in [0.15, 0.2) is 72.8 Å². The fourth-order valence-corrected chi connectivity index (χ4v) is 3.04. The molecule has 4 rings (SSSR count). The third kappa shape index (κ3) is 2.20. The molecule has 0 saturated carbocycles. The second-order valence-electron chi connectivity index (χ2n) is 5.50. The van der Waals surface area contributed by atoms with Gasteiger partial charge in [0.25, 0.3) is 0 Å². The first-order chi connectivity index (χ1) is 10.8. The molecule has 0 aliphatic heterocycles. The summed E-state index contributed by atoms with van der Waals surface area (Å²) in [6.45, 7) is 0. The number of hydrogen-bond donors (Lipinski definition) is 1. The van der Waals surface area contributed by atoms with E-state index in [2.05, 4.69) is 30.3 Å². The normalized spacial score (nSPS) is 11.7. The summed E-state index contributed by atoms with van der Waals surface area (Å²) in [6.07, 6.45) is 0.850. The summed E-state index contributed by atoms with van der Waals surface area (Å²) in [5.74, 6) is 0.755. The van der Waals surface area contributed by atoms with Gasteiger partial charge in [-0.05, 0) is 28.2 Å². The predicted molar refractivity (Wildman–Crippen MR) is 89.4 cm³/mol. The van der Waals surface area contributed by atoms with Gasteiger partial charge in [-0.15, -0.1) is 0 Å². The molecule has 1 N–H and O–H groups in total. The minimum atomic E-state index is -0.948. The van der Waals surface area contributed by atoms with E-state index in [1.54, 1.807) is 0 Å². The second-order valence-corrected chi connectivity index (χ2v) is 5.50. The number of benzene rings is 3. The molecule has 0 unspecified atom stereocenters. The van der Waals surface area contributed by atoms with Crippen LogP contribution in [-0.4, -0.2) is 12.1 Å². The SMILES string of the molecule is OB(Oc1cccc2c1Cc1ccccc1-2)c1ccccc1. The zero-order valence-electron chi connectivity index (χ0n) is 12.1. The predicted octanol–water partition coefficient (Wildman–Crippen LogP) is 3.02. The van der Waals surface area contributed by atoms with E-state index < -0.39 is 7.12 Å². The average molecular weight is 286 g/mol. The number of rotatable bonds is 3. The van der Waals surface area contributed by atoms with Gasteiger partial charge >= 0.3 is 7.12 Å². The van der Waals surface area contributed by atoms with Crippen molar-refractivity contribution in [1.82, 2.24) is 0 Å². The van der Waals surface area contributed by atoms with Gasteiger partial charge in [0.2, 0.25) is 0 Å². The molecule has 0 saturated heterocycles. The Morgan fingerprint density at radius 3 is 2.36 bits per heavy atom. The van der Waals surface area contributed by atoms with Crippen LogP contribution in [0.25, 0.3) is 11.1 Å². The van der Waals surface area contributed by atoms with E-state index >= 15 is 0 Å². The van der Waals surface area contributed by atoms with Crippen molar-refractivity contribution in [2.75, 3.05) is 0 Å². The van der Waals surface area contributed by atoms with Crippen molar-refractivity contribution in [2.24, 2.45) is 0 Å². The molecule has 1 aliphatic rings. The Morgan fingerprint density at radius 1 is 0.773 bits per heavy atom. The maximum atomic E-state index is 10.3. The van der Waals surface area contributed by atoms with Crippen LogP contribution in [0.5, 0.6) is 5.75 Å². The van der Waals surface area contributed by atoms with Gasteiger partial charge in [-0.2, -0.15) is 0 Å². The highest BCUT2D eigenvalue weighted by Crippen LogP contribution is 2.40. The Hall–Kier alpha value is -2.52. The highest BCUT2D eigenvalue weighted by Gasteiger charge is 2.25. The fraction of sp³-hybridized carbons (Fsp3) is 0.0526. The summed E-state index contributed by atoms with van der Waals surface area (Å²) >= 11 is 0. The molecule has 2 nitrogen and oxygen atoms in total. The molecular formula is C19H15BO2. The monoisotopic (exact) mass is 286 g/mol. The second kappa shape index (κ2) is 5.36. The molecule has 0 heterocycles. The van der Waals surface area contributed by atoms with Gasteiger partial charge in [0.05, 0.1) is 0 Å². The maximum Gasteiger partial charge on any atom is 0.560 e. The number of fused-ring (bicyclic) bond motifs is 3. The summed E-state index contributed by atoms with van der Waals surface area (Å²) in [7, 11) is -0.948. The molecule has 0 atom stereocenters. The molecule has 3 heteroatoms. The first kappa shape index (κ1) is 13.2. The summed E-state index contributed by atoms with van der Waals surface area (Å²) in [5, 5.41) is 10.3. The molecule has 0 bridgehead atoms. The standard InChI is InChI=1S/C19H15BO2/c21-20(15-8-2-1-3-9-15)22-19-12-6-11-17-16-10-5-4-7-14(16)13-18(17)19/h1-12,21H,13H2. The van der Waals surface area contributed by atoms with Crippen LogP contribution in [0.2, 0.25) is 0 Å². The van der Waals surface area contributed by atoms with Crippen LogP contribution < -0.4 is 10.1 Å². The topological polar surface area (TPSA) is 29.5 Å². The van der Waals surface area contributed by atoms with Gasteiger partial charge in [0.1, 0.15) is 5.75 Å². The third-order valence-corrected chi connectivity index (χ3v) is 4.13. The molecule has 22 heavy (non-hydrogen) atoms. The zero-order chi connectivity index (χ0) is 14.9. The summed E-state index contributed by atoms with van der Waals surface area (Å²) in [6, 6.07) is 23.9. The van der Waals surface area contributed by atoms with Gasteiger partial charge in [-0.1, -0.05) is 66.7 Å². The Bertz CT molecular complexity index is 815. The van der Waals surface area contributed by atoms with Crippen LogP contribution in [0.1, 0.15) is 11.1 Å². The molecule has 0 spiro atoms. The molecule has 3 aromatic carbocycles. The lowest BCUT2D eigenvalue weighted by Crippen LogP contribution is -2.36. The Kier molecular flexibility index (Phi) is 3.21. The average Bonchev–Trinajstić information content (AvgIpc) is 2.95. The quantitative estimate of drug-likeness (QED) is 0.587. The van der Waals surface area contributed by atoms with E-state index in [4.69, 9.17) is 4.65 Å². The molecule has 0 radical (unpaired) electrons. The molecular weight excluding hydrogens is 271 g/mol. The van der Waals surface area contributed by atoms with Crippen molar-refractivity contribution in [3.05, 3.63) is 83.9 Å². The Labute approximate surface area is 130 Å². The van der Waals surface area contributed by atoms with Crippen molar-refractivity contribution >= 4 is 12.6 Å². The van der Waals surface area contributed by atoms with Gasteiger partial charge in [0.15, 0.2) is 0 Å². The van der Waals surface area contributed by atoms with Crippen LogP contribution >= 0.6 is 0 Å². The van der Waals surface area contributed by atoms with Crippen molar-refractivity contribution in [2.45, 2.75) is 6.42 Å². The van der Waals surface area contributed by atoms with Gasteiger partial charge in [-0.3, -0.25) is 0 Å². The number of hydrogen-bond acceptors (Lipinski definition) is 2. The van der Waals surface area contributed by atoms with Crippen LogP contribution in [0.3, 0.4) is 0 Å². The third-order valence-electron chi connectivity index (χ3n) is 4.13. The lowest BCUT2D eigenvalue weighted by Gasteiger charge is -2.13. The Balaban J connectivity index is 1.68. The largest absolute Gasteiger partial charge is 0.560 e. The first-order valence-electron chi connectivity index (χ1n) is 7.43. The van der Waals surface area contributed by atoms with E-state index in [0.717, 1.165) is 23.2 Å².